The lowest BCUT2D eigenvalue weighted by Gasteiger charge is -2.27. The molecular formula is C34H41N5O4. The van der Waals surface area contributed by atoms with E-state index in [1.165, 1.54) is 0 Å². The van der Waals surface area contributed by atoms with Gasteiger partial charge in [-0.2, -0.15) is 0 Å². The molecule has 9 heteroatoms. The highest BCUT2D eigenvalue weighted by Crippen LogP contribution is 2.36. The molecule has 3 aromatic rings. The van der Waals surface area contributed by atoms with E-state index in [1.807, 2.05) is 66.7 Å². The summed E-state index contributed by atoms with van der Waals surface area (Å²) in [5, 5.41) is 6.02. The number of anilines is 2. The Hall–Kier alpha value is -4.21. The number of morpholine rings is 1. The van der Waals surface area contributed by atoms with Crippen LogP contribution in [-0.4, -0.2) is 60.6 Å². The number of carbonyl (C=O) groups is 3. The molecule has 3 aromatic carbocycles. The number of hydrogen-bond donors (Lipinski definition) is 3. The Morgan fingerprint density at radius 1 is 0.977 bits per heavy atom. The normalized spacial score (nSPS) is 18.9. The molecule has 1 fully saturated rings. The Labute approximate surface area is 253 Å². The maximum absolute atomic E-state index is 14.0. The van der Waals surface area contributed by atoms with Gasteiger partial charge in [0, 0.05) is 36.3 Å². The van der Waals surface area contributed by atoms with Crippen LogP contribution in [0.15, 0.2) is 72.8 Å². The molecular weight excluding hydrogens is 542 g/mol. The summed E-state index contributed by atoms with van der Waals surface area (Å²) in [7, 11) is 0. The average molecular weight is 584 g/mol. The van der Waals surface area contributed by atoms with E-state index in [9.17, 15) is 14.4 Å². The Balaban J connectivity index is 1.36. The Kier molecular flexibility index (Phi) is 9.13. The fraction of sp³-hybridized carbons (Fsp3) is 0.382. The van der Waals surface area contributed by atoms with Gasteiger partial charge in [-0.25, -0.2) is 4.79 Å². The molecule has 2 aliphatic rings. The van der Waals surface area contributed by atoms with Gasteiger partial charge in [0.1, 0.15) is 6.04 Å². The van der Waals surface area contributed by atoms with Crippen LogP contribution in [0, 0.1) is 0 Å². The quantitative estimate of drug-likeness (QED) is 0.367. The molecule has 2 unspecified atom stereocenters. The Morgan fingerprint density at radius 2 is 1.65 bits per heavy atom. The number of urea groups is 1. The highest BCUT2D eigenvalue weighted by Gasteiger charge is 2.35. The smallest absolute Gasteiger partial charge is 0.322 e. The highest BCUT2D eigenvalue weighted by atomic mass is 16.5. The van der Waals surface area contributed by atoms with E-state index in [2.05, 4.69) is 23.6 Å². The first-order valence-electron chi connectivity index (χ1n) is 14.9. The van der Waals surface area contributed by atoms with Crippen LogP contribution in [0.25, 0.3) is 11.1 Å². The molecule has 1 saturated heterocycles. The molecule has 2 heterocycles. The van der Waals surface area contributed by atoms with Gasteiger partial charge in [-0.3, -0.25) is 9.59 Å². The standard InChI is InChI=1S/C34H41N5O4/c1-23-20-29(36-31(40)21-34(2,3)35)32(41)39(30-11-7-5-8-26(23)30)22-24-12-14-25(15-13-24)27-9-4-6-10-28(27)37-33(42)38-16-18-43-19-17-38/h4-15,23,29H,16-22,35H2,1-3H3,(H,36,40)(H,37,42). The molecule has 2 aliphatic heterocycles. The first-order valence-corrected chi connectivity index (χ1v) is 14.9. The Morgan fingerprint density at radius 3 is 2.37 bits per heavy atom. The largest absolute Gasteiger partial charge is 0.378 e. The van der Waals surface area contributed by atoms with Crippen molar-refractivity contribution in [1.29, 1.82) is 0 Å². The van der Waals surface area contributed by atoms with Crippen LogP contribution in [0.4, 0.5) is 16.2 Å². The van der Waals surface area contributed by atoms with Gasteiger partial charge in [-0.15, -0.1) is 0 Å². The molecule has 0 saturated carbocycles. The van der Waals surface area contributed by atoms with Gasteiger partial charge in [-0.1, -0.05) is 67.6 Å². The number of nitrogens with two attached hydrogens (primary N) is 1. The molecule has 5 rings (SSSR count). The fourth-order valence-corrected chi connectivity index (χ4v) is 5.76. The lowest BCUT2D eigenvalue weighted by molar-refractivity contribution is -0.128. The summed E-state index contributed by atoms with van der Waals surface area (Å²) in [6.07, 6.45) is 0.642. The van der Waals surface area contributed by atoms with E-state index in [4.69, 9.17) is 10.5 Å². The zero-order valence-electron chi connectivity index (χ0n) is 25.1. The highest BCUT2D eigenvalue weighted by molar-refractivity contribution is 6.01. The third-order valence-electron chi connectivity index (χ3n) is 7.94. The third-order valence-corrected chi connectivity index (χ3v) is 7.94. The maximum atomic E-state index is 14.0. The summed E-state index contributed by atoms with van der Waals surface area (Å²) in [6, 6.07) is 22.9. The van der Waals surface area contributed by atoms with Gasteiger partial charge in [0.15, 0.2) is 0 Å². The number of amides is 4. The van der Waals surface area contributed by atoms with E-state index < -0.39 is 11.6 Å². The summed E-state index contributed by atoms with van der Waals surface area (Å²) in [5.74, 6) is -0.291. The number of nitrogens with zero attached hydrogens (tertiary/aromatic N) is 2. The monoisotopic (exact) mass is 583 g/mol. The van der Waals surface area contributed by atoms with Crippen molar-refractivity contribution in [3.8, 4) is 11.1 Å². The van der Waals surface area contributed by atoms with Gasteiger partial charge in [-0.05, 0) is 55.0 Å². The van der Waals surface area contributed by atoms with Crippen molar-refractivity contribution in [2.75, 3.05) is 36.5 Å². The van der Waals surface area contributed by atoms with E-state index in [1.54, 1.807) is 23.6 Å². The number of fused-ring (bicyclic) bond motifs is 1. The second kappa shape index (κ2) is 13.0. The van der Waals surface area contributed by atoms with Gasteiger partial charge in [0.05, 0.1) is 25.4 Å². The second-order valence-corrected chi connectivity index (χ2v) is 12.2. The van der Waals surface area contributed by atoms with Crippen LogP contribution in [0.2, 0.25) is 0 Å². The van der Waals surface area contributed by atoms with Gasteiger partial charge < -0.3 is 30.9 Å². The van der Waals surface area contributed by atoms with Crippen molar-refractivity contribution < 1.29 is 19.1 Å². The van der Waals surface area contributed by atoms with Crippen LogP contribution in [-0.2, 0) is 20.9 Å². The van der Waals surface area contributed by atoms with Gasteiger partial charge >= 0.3 is 6.03 Å². The minimum absolute atomic E-state index is 0.0767. The maximum Gasteiger partial charge on any atom is 0.322 e. The number of nitrogens with one attached hydrogen (secondary N) is 2. The molecule has 9 nitrogen and oxygen atoms in total. The fourth-order valence-electron chi connectivity index (χ4n) is 5.76. The van der Waals surface area contributed by atoms with Crippen molar-refractivity contribution >= 4 is 29.2 Å². The number of benzene rings is 3. The van der Waals surface area contributed by atoms with Crippen molar-refractivity contribution in [3.63, 3.8) is 0 Å². The van der Waals surface area contributed by atoms with Crippen LogP contribution >= 0.6 is 0 Å². The molecule has 0 spiro atoms. The number of para-hydroxylation sites is 2. The second-order valence-electron chi connectivity index (χ2n) is 12.2. The van der Waals surface area contributed by atoms with Crippen molar-refractivity contribution in [2.45, 2.75) is 57.7 Å². The topological polar surface area (TPSA) is 117 Å². The number of carbonyl (C=O) groups excluding carboxylic acids is 3. The summed E-state index contributed by atoms with van der Waals surface area (Å²) in [6.45, 7) is 8.25. The molecule has 4 amide bonds. The minimum atomic E-state index is -0.669. The molecule has 0 radical (unpaired) electrons. The van der Waals surface area contributed by atoms with Crippen molar-refractivity contribution in [1.82, 2.24) is 10.2 Å². The third kappa shape index (κ3) is 7.42. The van der Waals surface area contributed by atoms with Crippen LogP contribution in [0.5, 0.6) is 0 Å². The van der Waals surface area contributed by atoms with E-state index in [0.717, 1.165) is 33.6 Å². The van der Waals surface area contributed by atoms with Crippen molar-refractivity contribution in [2.24, 2.45) is 5.73 Å². The first-order chi connectivity index (χ1) is 20.6. The number of rotatable bonds is 7. The Bertz CT molecular complexity index is 1460. The molecule has 0 bridgehead atoms. The predicted octanol–water partition coefficient (Wildman–Crippen LogP) is 4.87. The molecule has 43 heavy (non-hydrogen) atoms. The zero-order valence-corrected chi connectivity index (χ0v) is 25.1. The molecule has 2 atom stereocenters. The lowest BCUT2D eigenvalue weighted by Crippen LogP contribution is -2.50. The summed E-state index contributed by atoms with van der Waals surface area (Å²) in [4.78, 5) is 43.1. The SMILES string of the molecule is CC1CC(NC(=O)CC(C)(C)N)C(=O)N(Cc2ccc(-c3ccccc3NC(=O)N3CCOCC3)cc2)c2ccccc21. The predicted molar refractivity (Wildman–Crippen MR) is 169 cm³/mol. The average Bonchev–Trinajstić information content (AvgIpc) is 3.08. The van der Waals surface area contributed by atoms with Crippen LogP contribution in [0.3, 0.4) is 0 Å². The van der Waals surface area contributed by atoms with Crippen LogP contribution in [0.1, 0.15) is 50.7 Å². The summed E-state index contributed by atoms with van der Waals surface area (Å²) < 4.78 is 5.37. The molecule has 226 valence electrons. The summed E-state index contributed by atoms with van der Waals surface area (Å²) in [5.41, 5.74) is 10.9. The van der Waals surface area contributed by atoms with Gasteiger partial charge in [0.25, 0.3) is 0 Å². The molecule has 0 aliphatic carbocycles. The number of hydrogen-bond acceptors (Lipinski definition) is 5. The molecule has 4 N–H and O–H groups in total. The van der Waals surface area contributed by atoms with E-state index in [0.29, 0.717) is 39.3 Å². The number of ether oxygens (including phenoxy) is 1. The van der Waals surface area contributed by atoms with E-state index in [-0.39, 0.29) is 30.2 Å². The summed E-state index contributed by atoms with van der Waals surface area (Å²) >= 11 is 0. The van der Waals surface area contributed by atoms with Crippen LogP contribution < -0.4 is 21.3 Å². The molecule has 0 aromatic heterocycles. The lowest BCUT2D eigenvalue weighted by atomic mass is 9.94. The van der Waals surface area contributed by atoms with Crippen molar-refractivity contribution in [3.05, 3.63) is 83.9 Å². The van der Waals surface area contributed by atoms with E-state index >= 15 is 0 Å². The zero-order chi connectivity index (χ0) is 30.6. The minimum Gasteiger partial charge on any atom is -0.378 e. The van der Waals surface area contributed by atoms with Gasteiger partial charge in [0.2, 0.25) is 11.8 Å². The first kappa shape index (κ1) is 30.3.